The summed E-state index contributed by atoms with van der Waals surface area (Å²) in [6.45, 7) is 6.29. The van der Waals surface area contributed by atoms with E-state index >= 15 is 0 Å². The van der Waals surface area contributed by atoms with E-state index in [9.17, 15) is 9.18 Å². The van der Waals surface area contributed by atoms with E-state index in [2.05, 4.69) is 16.8 Å². The second-order valence-electron chi connectivity index (χ2n) is 7.22. The largest absolute Gasteiger partial charge is 0.487 e. The highest BCUT2D eigenvalue weighted by Gasteiger charge is 2.17. The van der Waals surface area contributed by atoms with Crippen LogP contribution < -0.4 is 10.3 Å². The first kappa shape index (κ1) is 22.3. The molecule has 0 bridgehead atoms. The molecule has 3 aromatic rings. The van der Waals surface area contributed by atoms with E-state index in [0.29, 0.717) is 18.2 Å². The van der Waals surface area contributed by atoms with Gasteiger partial charge in [-0.2, -0.15) is 0 Å². The minimum atomic E-state index is -0.428. The Labute approximate surface area is 182 Å². The summed E-state index contributed by atoms with van der Waals surface area (Å²) in [6, 6.07) is 14.0. The molecule has 1 aromatic carbocycles. The van der Waals surface area contributed by atoms with Crippen LogP contribution in [0.15, 0.2) is 59.5 Å². The van der Waals surface area contributed by atoms with E-state index in [1.54, 1.807) is 10.6 Å². The van der Waals surface area contributed by atoms with Crippen LogP contribution in [0.1, 0.15) is 49.2 Å². The second-order valence-corrected chi connectivity index (χ2v) is 7.22. The van der Waals surface area contributed by atoms with Gasteiger partial charge in [0.25, 0.3) is 5.56 Å². The van der Waals surface area contributed by atoms with Gasteiger partial charge in [0, 0.05) is 29.4 Å². The van der Waals surface area contributed by atoms with Crippen LogP contribution in [0.2, 0.25) is 0 Å². The molecular formula is C26H27FN2O2. The number of pyridine rings is 2. The summed E-state index contributed by atoms with van der Waals surface area (Å²) in [5.74, 6) is 6.99. The van der Waals surface area contributed by atoms with Gasteiger partial charge in [0.05, 0.1) is 6.54 Å². The predicted octanol–water partition coefficient (Wildman–Crippen LogP) is 5.11. The maximum atomic E-state index is 13.7. The van der Waals surface area contributed by atoms with Gasteiger partial charge >= 0.3 is 0 Å². The maximum absolute atomic E-state index is 13.7. The topological polar surface area (TPSA) is 44.1 Å². The number of rotatable bonds is 5. The third-order valence-electron chi connectivity index (χ3n) is 4.81. The number of nitrogens with zero attached hydrogens (tertiary/aromatic N) is 2. The van der Waals surface area contributed by atoms with Gasteiger partial charge in [-0.1, -0.05) is 37.8 Å². The average Bonchev–Trinajstić information content (AvgIpc) is 3.61. The molecule has 0 spiro atoms. The first-order valence-corrected chi connectivity index (χ1v) is 10.6. The molecule has 31 heavy (non-hydrogen) atoms. The van der Waals surface area contributed by atoms with Crippen LogP contribution >= 0.6 is 0 Å². The number of benzene rings is 1. The van der Waals surface area contributed by atoms with Gasteiger partial charge < -0.3 is 9.30 Å². The molecule has 0 saturated heterocycles. The fraction of sp³-hybridized carbons (Fsp3) is 0.308. The molecule has 0 unspecified atom stereocenters. The van der Waals surface area contributed by atoms with Crippen LogP contribution in [0.4, 0.5) is 4.39 Å². The lowest BCUT2D eigenvalue weighted by Gasteiger charge is -2.13. The molecule has 4 nitrogen and oxygen atoms in total. The van der Waals surface area contributed by atoms with Crippen LogP contribution in [0.5, 0.6) is 5.75 Å². The summed E-state index contributed by atoms with van der Waals surface area (Å²) < 4.78 is 20.9. The highest BCUT2D eigenvalue weighted by atomic mass is 19.1. The van der Waals surface area contributed by atoms with Crippen LogP contribution in [-0.4, -0.2) is 9.55 Å². The number of halogens is 1. The zero-order chi connectivity index (χ0) is 22.2. The summed E-state index contributed by atoms with van der Waals surface area (Å²) in [4.78, 5) is 16.5. The van der Waals surface area contributed by atoms with Crippen LogP contribution in [-0.2, 0) is 13.2 Å². The van der Waals surface area contributed by atoms with E-state index in [1.807, 2.05) is 45.0 Å². The SMILES string of the molecule is CC.Cc1cc(OCc2ncccc2F)cc(=O)n1Cc1ccc(C#CC2CC2)cc1. The summed E-state index contributed by atoms with van der Waals surface area (Å²) in [6.07, 6.45) is 3.93. The first-order valence-electron chi connectivity index (χ1n) is 10.6. The van der Waals surface area contributed by atoms with E-state index < -0.39 is 5.82 Å². The van der Waals surface area contributed by atoms with Crippen molar-refractivity contribution in [1.82, 2.24) is 9.55 Å². The van der Waals surface area contributed by atoms with Gasteiger partial charge in [-0.25, -0.2) is 4.39 Å². The Morgan fingerprint density at radius 1 is 1.16 bits per heavy atom. The van der Waals surface area contributed by atoms with Gasteiger partial charge in [0.1, 0.15) is 23.9 Å². The smallest absolute Gasteiger partial charge is 0.254 e. The zero-order valence-electron chi connectivity index (χ0n) is 18.2. The Hall–Kier alpha value is -3.39. The Bertz CT molecular complexity index is 1140. The third-order valence-corrected chi connectivity index (χ3v) is 4.81. The van der Waals surface area contributed by atoms with Crippen molar-refractivity contribution >= 4 is 0 Å². The van der Waals surface area contributed by atoms with Crippen molar-refractivity contribution < 1.29 is 9.13 Å². The standard InChI is InChI=1S/C24H21FN2O2.C2H6/c1-17-13-21(29-16-23-22(25)3-2-12-26-23)14-24(28)27(17)15-20-10-8-19(9-11-20)7-6-18-4-5-18;1-2/h2-3,8-14,18H,4-5,15-16H2,1H3;1-2H3. The number of hydrogen-bond acceptors (Lipinski definition) is 3. The third kappa shape index (κ3) is 6.29. The molecule has 2 heterocycles. The van der Waals surface area contributed by atoms with E-state index in [0.717, 1.165) is 16.8 Å². The maximum Gasteiger partial charge on any atom is 0.254 e. The van der Waals surface area contributed by atoms with Crippen LogP contribution in [0.3, 0.4) is 0 Å². The summed E-state index contributed by atoms with van der Waals surface area (Å²) >= 11 is 0. The normalized spacial score (nSPS) is 12.3. The number of ether oxygens (including phenoxy) is 1. The molecule has 0 radical (unpaired) electrons. The van der Waals surface area contributed by atoms with Crippen molar-refractivity contribution in [1.29, 1.82) is 0 Å². The zero-order valence-corrected chi connectivity index (χ0v) is 18.2. The lowest BCUT2D eigenvalue weighted by Crippen LogP contribution is -2.22. The van der Waals surface area contributed by atoms with Crippen molar-refractivity contribution in [3.63, 3.8) is 0 Å². The van der Waals surface area contributed by atoms with E-state index in [-0.39, 0.29) is 17.9 Å². The van der Waals surface area contributed by atoms with Crippen LogP contribution in [0.25, 0.3) is 0 Å². The van der Waals surface area contributed by atoms with Gasteiger partial charge in [-0.3, -0.25) is 9.78 Å². The Morgan fingerprint density at radius 2 is 1.90 bits per heavy atom. The molecule has 0 amide bonds. The number of aromatic nitrogens is 2. The minimum absolute atomic E-state index is 0.0288. The van der Waals surface area contributed by atoms with Crippen molar-refractivity contribution in [2.75, 3.05) is 0 Å². The minimum Gasteiger partial charge on any atom is -0.487 e. The van der Waals surface area contributed by atoms with Crippen molar-refractivity contribution in [3.8, 4) is 17.6 Å². The molecule has 0 atom stereocenters. The molecule has 0 aliphatic heterocycles. The predicted molar refractivity (Wildman–Crippen MR) is 120 cm³/mol. The molecule has 0 N–H and O–H groups in total. The average molecular weight is 419 g/mol. The molecule has 4 rings (SSSR count). The Kier molecular flexibility index (Phi) is 7.61. The molecule has 1 saturated carbocycles. The fourth-order valence-corrected chi connectivity index (χ4v) is 2.95. The lowest BCUT2D eigenvalue weighted by molar-refractivity contribution is 0.292. The van der Waals surface area contributed by atoms with Gasteiger partial charge in [0.2, 0.25) is 0 Å². The van der Waals surface area contributed by atoms with Crippen molar-refractivity contribution in [2.45, 2.75) is 46.8 Å². The van der Waals surface area contributed by atoms with Gasteiger partial charge in [-0.15, -0.1) is 0 Å². The van der Waals surface area contributed by atoms with Gasteiger partial charge in [0.15, 0.2) is 0 Å². The molecule has 1 aliphatic rings. The molecule has 5 heteroatoms. The highest BCUT2D eigenvalue weighted by molar-refractivity contribution is 5.37. The van der Waals surface area contributed by atoms with Gasteiger partial charge in [-0.05, 0) is 55.7 Å². The number of hydrogen-bond donors (Lipinski definition) is 0. The van der Waals surface area contributed by atoms with Crippen LogP contribution in [0, 0.1) is 30.5 Å². The molecular weight excluding hydrogens is 391 g/mol. The first-order chi connectivity index (χ1) is 15.1. The highest BCUT2D eigenvalue weighted by Crippen LogP contribution is 2.27. The van der Waals surface area contributed by atoms with E-state index in [1.165, 1.54) is 37.2 Å². The Morgan fingerprint density at radius 3 is 2.55 bits per heavy atom. The molecule has 2 aromatic heterocycles. The molecule has 160 valence electrons. The monoisotopic (exact) mass is 418 g/mol. The molecule has 1 aliphatic carbocycles. The molecule has 1 fully saturated rings. The van der Waals surface area contributed by atoms with Crippen molar-refractivity contribution in [3.05, 3.63) is 93.4 Å². The lowest BCUT2D eigenvalue weighted by atomic mass is 10.1. The number of aryl methyl sites for hydroxylation is 1. The summed E-state index contributed by atoms with van der Waals surface area (Å²) in [7, 11) is 0. The summed E-state index contributed by atoms with van der Waals surface area (Å²) in [5, 5.41) is 0. The summed E-state index contributed by atoms with van der Waals surface area (Å²) in [5.41, 5.74) is 2.83. The quantitative estimate of drug-likeness (QED) is 0.541. The van der Waals surface area contributed by atoms with E-state index in [4.69, 9.17) is 4.74 Å². The van der Waals surface area contributed by atoms with Crippen molar-refractivity contribution in [2.24, 2.45) is 5.92 Å². The Balaban J connectivity index is 0.00000132. The second kappa shape index (κ2) is 10.6. The fourth-order valence-electron chi connectivity index (χ4n) is 2.95.